The summed E-state index contributed by atoms with van der Waals surface area (Å²) < 4.78 is 46.1. The van der Waals surface area contributed by atoms with Gasteiger partial charge in [0.1, 0.15) is 22.2 Å². The number of benzene rings is 1. The number of sulfonamides is 1. The summed E-state index contributed by atoms with van der Waals surface area (Å²) in [5.74, 6) is 0.317. The minimum absolute atomic E-state index is 0.146. The molecule has 1 unspecified atom stereocenters. The Bertz CT molecular complexity index is 740. The Kier molecular flexibility index (Phi) is 4.46. The normalized spacial score (nSPS) is 13.3. The first-order valence-corrected chi connectivity index (χ1v) is 7.89. The minimum Gasteiger partial charge on any atom is -0.465 e. The molecule has 2 rings (SSSR count). The van der Waals surface area contributed by atoms with E-state index in [4.69, 9.17) is 10.2 Å². The van der Waals surface area contributed by atoms with Crippen LogP contribution in [0.5, 0.6) is 0 Å². The molecule has 0 aliphatic carbocycles. The lowest BCUT2D eigenvalue weighted by Gasteiger charge is -2.13. The number of hydrogen-bond donors (Lipinski definition) is 2. The van der Waals surface area contributed by atoms with Gasteiger partial charge in [0.05, 0.1) is 6.04 Å². The SMILES string of the molecule is Cc1ccc(C(C)NS(=O)(=O)c2ccc(CN)cc2F)o1. The van der Waals surface area contributed by atoms with Crippen molar-refractivity contribution in [3.63, 3.8) is 0 Å². The van der Waals surface area contributed by atoms with Gasteiger partial charge in [0.25, 0.3) is 0 Å². The van der Waals surface area contributed by atoms with Crippen LogP contribution >= 0.6 is 0 Å². The van der Waals surface area contributed by atoms with E-state index in [0.717, 1.165) is 6.07 Å². The summed E-state index contributed by atoms with van der Waals surface area (Å²) in [6, 6.07) is 6.63. The lowest BCUT2D eigenvalue weighted by Crippen LogP contribution is -2.27. The van der Waals surface area contributed by atoms with E-state index in [1.165, 1.54) is 12.1 Å². The monoisotopic (exact) mass is 312 g/mol. The van der Waals surface area contributed by atoms with E-state index >= 15 is 0 Å². The van der Waals surface area contributed by atoms with Crippen molar-refractivity contribution in [2.75, 3.05) is 0 Å². The van der Waals surface area contributed by atoms with E-state index in [2.05, 4.69) is 4.72 Å². The summed E-state index contributed by atoms with van der Waals surface area (Å²) in [7, 11) is -3.98. The molecule has 0 bridgehead atoms. The Hall–Kier alpha value is -1.70. The maximum absolute atomic E-state index is 13.9. The van der Waals surface area contributed by atoms with Crippen molar-refractivity contribution >= 4 is 10.0 Å². The molecule has 0 saturated carbocycles. The number of furan rings is 1. The van der Waals surface area contributed by atoms with E-state index in [1.54, 1.807) is 26.0 Å². The molecule has 0 spiro atoms. The molecule has 1 aromatic carbocycles. The van der Waals surface area contributed by atoms with Crippen LogP contribution in [0.25, 0.3) is 0 Å². The van der Waals surface area contributed by atoms with Crippen LogP contribution < -0.4 is 10.5 Å². The third kappa shape index (κ3) is 3.49. The summed E-state index contributed by atoms with van der Waals surface area (Å²) in [5.41, 5.74) is 5.92. The van der Waals surface area contributed by atoms with Crippen LogP contribution in [0.15, 0.2) is 39.6 Å². The van der Waals surface area contributed by atoms with E-state index in [9.17, 15) is 12.8 Å². The van der Waals surface area contributed by atoms with Gasteiger partial charge >= 0.3 is 0 Å². The zero-order valence-corrected chi connectivity index (χ0v) is 12.6. The molecule has 7 heteroatoms. The Morgan fingerprint density at radius 2 is 2.05 bits per heavy atom. The topological polar surface area (TPSA) is 85.3 Å². The molecular formula is C14H17FN2O3S. The number of hydrogen-bond acceptors (Lipinski definition) is 4. The standard InChI is InChI=1S/C14H17FN2O3S/c1-9-3-5-13(20-9)10(2)17-21(18,19)14-6-4-11(8-16)7-12(14)15/h3-7,10,17H,8,16H2,1-2H3. The fraction of sp³-hybridized carbons (Fsp3) is 0.286. The molecule has 1 atom stereocenters. The van der Waals surface area contributed by atoms with Gasteiger partial charge in [-0.2, -0.15) is 0 Å². The van der Waals surface area contributed by atoms with E-state index in [-0.39, 0.29) is 6.54 Å². The number of aryl methyl sites for hydroxylation is 1. The van der Waals surface area contributed by atoms with Crippen LogP contribution in [0.2, 0.25) is 0 Å². The van der Waals surface area contributed by atoms with E-state index < -0.39 is 26.8 Å². The molecule has 1 heterocycles. The first-order chi connectivity index (χ1) is 9.83. The summed E-state index contributed by atoms with van der Waals surface area (Å²) in [6.07, 6.45) is 0. The Morgan fingerprint density at radius 3 is 2.57 bits per heavy atom. The summed E-state index contributed by atoms with van der Waals surface area (Å²) >= 11 is 0. The fourth-order valence-corrected chi connectivity index (χ4v) is 3.20. The van der Waals surface area contributed by atoms with Crippen LogP contribution in [0.3, 0.4) is 0 Å². The quantitative estimate of drug-likeness (QED) is 0.886. The first-order valence-electron chi connectivity index (χ1n) is 6.40. The molecular weight excluding hydrogens is 295 g/mol. The predicted molar refractivity (Wildman–Crippen MR) is 76.5 cm³/mol. The molecule has 0 radical (unpaired) electrons. The zero-order valence-electron chi connectivity index (χ0n) is 11.8. The molecule has 0 saturated heterocycles. The molecule has 1 aromatic heterocycles. The lowest BCUT2D eigenvalue weighted by atomic mass is 10.2. The molecule has 0 amide bonds. The number of halogens is 1. The van der Waals surface area contributed by atoms with Crippen LogP contribution in [0.1, 0.15) is 30.0 Å². The van der Waals surface area contributed by atoms with Crippen molar-refractivity contribution in [2.45, 2.75) is 31.3 Å². The number of rotatable bonds is 5. The highest BCUT2D eigenvalue weighted by Gasteiger charge is 2.23. The molecule has 0 aliphatic rings. The summed E-state index contributed by atoms with van der Waals surface area (Å²) in [4.78, 5) is -0.408. The molecule has 5 nitrogen and oxygen atoms in total. The first kappa shape index (κ1) is 15.7. The van der Waals surface area contributed by atoms with Gasteiger partial charge in [0, 0.05) is 6.54 Å². The van der Waals surface area contributed by atoms with E-state index in [0.29, 0.717) is 17.1 Å². The van der Waals surface area contributed by atoms with Gasteiger partial charge in [-0.1, -0.05) is 6.07 Å². The Morgan fingerprint density at radius 1 is 1.33 bits per heavy atom. The lowest BCUT2D eigenvalue weighted by molar-refractivity contribution is 0.440. The van der Waals surface area contributed by atoms with Crippen molar-refractivity contribution < 1.29 is 17.2 Å². The number of nitrogens with two attached hydrogens (primary N) is 1. The van der Waals surface area contributed by atoms with Crippen LogP contribution in [-0.2, 0) is 16.6 Å². The van der Waals surface area contributed by atoms with Crippen molar-refractivity contribution in [3.8, 4) is 0 Å². The molecule has 114 valence electrons. The van der Waals surface area contributed by atoms with Crippen molar-refractivity contribution in [1.82, 2.24) is 4.72 Å². The third-order valence-corrected chi connectivity index (χ3v) is 4.62. The van der Waals surface area contributed by atoms with Crippen molar-refractivity contribution in [3.05, 3.63) is 53.2 Å². The van der Waals surface area contributed by atoms with Gasteiger partial charge in [-0.25, -0.2) is 17.5 Å². The second-order valence-electron chi connectivity index (χ2n) is 4.76. The van der Waals surface area contributed by atoms with Crippen LogP contribution in [-0.4, -0.2) is 8.42 Å². The molecule has 3 N–H and O–H groups in total. The average Bonchev–Trinajstić information content (AvgIpc) is 2.84. The largest absolute Gasteiger partial charge is 0.465 e. The zero-order chi connectivity index (χ0) is 15.6. The van der Waals surface area contributed by atoms with Gasteiger partial charge < -0.3 is 10.2 Å². The Labute approximate surface area is 123 Å². The molecule has 0 aliphatic heterocycles. The highest BCUT2D eigenvalue weighted by atomic mass is 32.2. The molecule has 2 aromatic rings. The van der Waals surface area contributed by atoms with E-state index in [1.807, 2.05) is 0 Å². The summed E-state index contributed by atoms with van der Waals surface area (Å²) in [5, 5.41) is 0. The smallest absolute Gasteiger partial charge is 0.244 e. The van der Waals surface area contributed by atoms with Gasteiger partial charge in [0.2, 0.25) is 10.0 Å². The van der Waals surface area contributed by atoms with Gasteiger partial charge in [-0.05, 0) is 43.7 Å². The Balaban J connectivity index is 2.26. The van der Waals surface area contributed by atoms with Crippen LogP contribution in [0, 0.1) is 12.7 Å². The maximum atomic E-state index is 13.9. The second-order valence-corrected chi connectivity index (χ2v) is 6.44. The molecule has 21 heavy (non-hydrogen) atoms. The third-order valence-electron chi connectivity index (χ3n) is 3.04. The minimum atomic E-state index is -3.98. The second kappa shape index (κ2) is 5.97. The fourth-order valence-electron chi connectivity index (χ4n) is 1.93. The number of nitrogens with one attached hydrogen (secondary N) is 1. The highest BCUT2D eigenvalue weighted by Crippen LogP contribution is 2.21. The summed E-state index contributed by atoms with van der Waals surface area (Å²) in [6.45, 7) is 3.53. The van der Waals surface area contributed by atoms with Crippen molar-refractivity contribution in [1.29, 1.82) is 0 Å². The van der Waals surface area contributed by atoms with Crippen LogP contribution in [0.4, 0.5) is 4.39 Å². The average molecular weight is 312 g/mol. The van der Waals surface area contributed by atoms with Crippen molar-refractivity contribution in [2.24, 2.45) is 5.73 Å². The molecule has 0 fully saturated rings. The van der Waals surface area contributed by atoms with Gasteiger partial charge in [0.15, 0.2) is 0 Å². The maximum Gasteiger partial charge on any atom is 0.244 e. The van der Waals surface area contributed by atoms with Gasteiger partial charge in [-0.3, -0.25) is 0 Å². The predicted octanol–water partition coefficient (Wildman–Crippen LogP) is 2.23. The van der Waals surface area contributed by atoms with Gasteiger partial charge in [-0.15, -0.1) is 0 Å². The highest BCUT2D eigenvalue weighted by molar-refractivity contribution is 7.89.